The van der Waals surface area contributed by atoms with Gasteiger partial charge in [0.25, 0.3) is 0 Å². The van der Waals surface area contributed by atoms with Gasteiger partial charge in [-0.05, 0) is 49.4 Å². The molecule has 1 saturated heterocycles. The molecule has 19 heavy (non-hydrogen) atoms. The zero-order valence-corrected chi connectivity index (χ0v) is 12.5. The van der Waals surface area contributed by atoms with Crippen LogP contribution in [0, 0.1) is 11.3 Å². The summed E-state index contributed by atoms with van der Waals surface area (Å²) >= 11 is 3.51. The summed E-state index contributed by atoms with van der Waals surface area (Å²) in [7, 11) is 0. The van der Waals surface area contributed by atoms with Crippen LogP contribution >= 0.6 is 15.9 Å². The molecule has 2 N–H and O–H groups in total. The molecule has 1 spiro atoms. The SMILES string of the molecule is O=C(NCc1ccccc1Br)C1CC12CCNCC2. The van der Waals surface area contributed by atoms with E-state index in [0.29, 0.717) is 12.0 Å². The highest BCUT2D eigenvalue weighted by Crippen LogP contribution is 2.58. The average molecular weight is 323 g/mol. The van der Waals surface area contributed by atoms with Crippen molar-refractivity contribution < 1.29 is 4.79 Å². The van der Waals surface area contributed by atoms with Gasteiger partial charge in [0.1, 0.15) is 0 Å². The fraction of sp³-hybridized carbons (Fsp3) is 0.533. The van der Waals surface area contributed by atoms with Gasteiger partial charge in [0.2, 0.25) is 5.91 Å². The Bertz CT molecular complexity index is 483. The molecular formula is C15H19BrN2O. The van der Waals surface area contributed by atoms with Crippen molar-refractivity contribution in [3.8, 4) is 0 Å². The lowest BCUT2D eigenvalue weighted by Crippen LogP contribution is -2.33. The van der Waals surface area contributed by atoms with Crippen molar-refractivity contribution in [1.82, 2.24) is 10.6 Å². The highest BCUT2D eigenvalue weighted by Gasteiger charge is 2.57. The minimum atomic E-state index is 0.234. The summed E-state index contributed by atoms with van der Waals surface area (Å²) in [6.07, 6.45) is 3.39. The van der Waals surface area contributed by atoms with Gasteiger partial charge in [0.05, 0.1) is 0 Å². The number of carbonyl (C=O) groups is 1. The summed E-state index contributed by atoms with van der Waals surface area (Å²) in [6, 6.07) is 8.03. The van der Waals surface area contributed by atoms with Crippen LogP contribution in [0.3, 0.4) is 0 Å². The standard InChI is InChI=1S/C15H19BrN2O/c16-13-4-2-1-3-11(13)10-18-14(19)12-9-15(12)5-7-17-8-6-15/h1-4,12,17H,5-10H2,(H,18,19). The molecule has 1 aliphatic carbocycles. The lowest BCUT2D eigenvalue weighted by molar-refractivity contribution is -0.123. The first-order chi connectivity index (χ1) is 9.21. The topological polar surface area (TPSA) is 41.1 Å². The molecule has 3 rings (SSSR count). The number of hydrogen-bond acceptors (Lipinski definition) is 2. The third-order valence-corrected chi connectivity index (χ3v) is 5.29. The molecule has 0 aromatic heterocycles. The van der Waals surface area contributed by atoms with Gasteiger partial charge in [-0.1, -0.05) is 34.1 Å². The van der Waals surface area contributed by atoms with Gasteiger partial charge in [-0.15, -0.1) is 0 Å². The molecule has 0 radical (unpaired) electrons. The van der Waals surface area contributed by atoms with E-state index in [9.17, 15) is 4.79 Å². The molecule has 1 aliphatic heterocycles. The van der Waals surface area contributed by atoms with E-state index in [1.807, 2.05) is 24.3 Å². The summed E-state index contributed by atoms with van der Waals surface area (Å²) < 4.78 is 1.06. The molecule has 1 saturated carbocycles. The summed E-state index contributed by atoms with van der Waals surface area (Å²) in [5.41, 5.74) is 1.46. The van der Waals surface area contributed by atoms with Gasteiger partial charge in [-0.3, -0.25) is 4.79 Å². The van der Waals surface area contributed by atoms with E-state index in [2.05, 4.69) is 26.6 Å². The van der Waals surface area contributed by atoms with Crippen molar-refractivity contribution in [3.05, 3.63) is 34.3 Å². The number of rotatable bonds is 3. The molecule has 2 fully saturated rings. The zero-order chi connectivity index (χ0) is 13.3. The van der Waals surface area contributed by atoms with Crippen LogP contribution in [0.2, 0.25) is 0 Å². The Balaban J connectivity index is 1.54. The highest BCUT2D eigenvalue weighted by atomic mass is 79.9. The van der Waals surface area contributed by atoms with Crippen molar-refractivity contribution in [1.29, 1.82) is 0 Å². The van der Waals surface area contributed by atoms with E-state index in [1.54, 1.807) is 0 Å². The Morgan fingerprint density at radius 1 is 1.37 bits per heavy atom. The molecule has 1 aromatic rings. The van der Waals surface area contributed by atoms with Crippen LogP contribution in [-0.2, 0) is 11.3 Å². The minimum absolute atomic E-state index is 0.234. The number of halogens is 1. The summed E-state index contributed by atoms with van der Waals surface area (Å²) in [5, 5.41) is 6.45. The fourth-order valence-corrected chi connectivity index (χ4v) is 3.57. The van der Waals surface area contributed by atoms with Crippen LogP contribution in [0.15, 0.2) is 28.7 Å². The van der Waals surface area contributed by atoms with Gasteiger partial charge < -0.3 is 10.6 Å². The molecule has 102 valence electrons. The zero-order valence-electron chi connectivity index (χ0n) is 10.9. The van der Waals surface area contributed by atoms with Gasteiger partial charge in [-0.25, -0.2) is 0 Å². The molecular weight excluding hydrogens is 304 g/mol. The smallest absolute Gasteiger partial charge is 0.223 e. The Hall–Kier alpha value is -0.870. The molecule has 0 bridgehead atoms. The van der Waals surface area contributed by atoms with Crippen molar-refractivity contribution >= 4 is 21.8 Å². The maximum atomic E-state index is 12.2. The number of hydrogen-bond donors (Lipinski definition) is 2. The van der Waals surface area contributed by atoms with E-state index >= 15 is 0 Å². The van der Waals surface area contributed by atoms with E-state index in [0.717, 1.165) is 42.4 Å². The van der Waals surface area contributed by atoms with E-state index < -0.39 is 0 Å². The minimum Gasteiger partial charge on any atom is -0.352 e. The summed E-state index contributed by atoms with van der Waals surface area (Å²) in [6.45, 7) is 2.74. The quantitative estimate of drug-likeness (QED) is 0.897. The lowest BCUT2D eigenvalue weighted by atomic mass is 9.92. The lowest BCUT2D eigenvalue weighted by Gasteiger charge is -2.23. The second-order valence-electron chi connectivity index (χ2n) is 5.68. The number of amides is 1. The van der Waals surface area contributed by atoms with E-state index in [-0.39, 0.29) is 11.8 Å². The number of carbonyl (C=O) groups excluding carboxylic acids is 1. The second kappa shape index (κ2) is 5.25. The van der Waals surface area contributed by atoms with Crippen LogP contribution in [0.1, 0.15) is 24.8 Å². The largest absolute Gasteiger partial charge is 0.352 e. The molecule has 1 amide bonds. The first-order valence-corrected chi connectivity index (χ1v) is 7.72. The van der Waals surface area contributed by atoms with Crippen LogP contribution < -0.4 is 10.6 Å². The third-order valence-electron chi connectivity index (χ3n) is 4.52. The monoisotopic (exact) mass is 322 g/mol. The first kappa shape index (κ1) is 13.1. The fourth-order valence-electron chi connectivity index (χ4n) is 3.14. The van der Waals surface area contributed by atoms with Crippen LogP contribution in [0.4, 0.5) is 0 Å². The van der Waals surface area contributed by atoms with Crippen molar-refractivity contribution in [2.75, 3.05) is 13.1 Å². The third kappa shape index (κ3) is 2.70. The van der Waals surface area contributed by atoms with Gasteiger partial charge in [0.15, 0.2) is 0 Å². The highest BCUT2D eigenvalue weighted by molar-refractivity contribution is 9.10. The van der Waals surface area contributed by atoms with Gasteiger partial charge >= 0.3 is 0 Å². The Morgan fingerprint density at radius 2 is 2.11 bits per heavy atom. The second-order valence-corrected chi connectivity index (χ2v) is 6.53. The molecule has 1 aromatic carbocycles. The number of piperidine rings is 1. The Morgan fingerprint density at radius 3 is 2.84 bits per heavy atom. The van der Waals surface area contributed by atoms with Gasteiger partial charge in [-0.2, -0.15) is 0 Å². The first-order valence-electron chi connectivity index (χ1n) is 6.93. The Kier molecular flexibility index (Phi) is 3.63. The predicted molar refractivity (Wildman–Crippen MR) is 78.6 cm³/mol. The molecule has 4 heteroatoms. The van der Waals surface area contributed by atoms with E-state index in [4.69, 9.17) is 0 Å². The van der Waals surface area contributed by atoms with Crippen molar-refractivity contribution in [2.45, 2.75) is 25.8 Å². The molecule has 2 aliphatic rings. The summed E-state index contributed by atoms with van der Waals surface area (Å²) in [5.74, 6) is 0.481. The normalized spacial score (nSPS) is 24.2. The van der Waals surface area contributed by atoms with E-state index in [1.165, 1.54) is 0 Å². The van der Waals surface area contributed by atoms with Crippen molar-refractivity contribution in [2.24, 2.45) is 11.3 Å². The Labute approximate surface area is 122 Å². The maximum absolute atomic E-state index is 12.2. The average Bonchev–Trinajstić information content (AvgIpc) is 3.12. The molecule has 3 nitrogen and oxygen atoms in total. The molecule has 1 heterocycles. The number of nitrogens with one attached hydrogen (secondary N) is 2. The predicted octanol–water partition coefficient (Wildman–Crippen LogP) is 2.46. The number of benzene rings is 1. The van der Waals surface area contributed by atoms with Crippen LogP contribution in [-0.4, -0.2) is 19.0 Å². The van der Waals surface area contributed by atoms with Crippen LogP contribution in [0.25, 0.3) is 0 Å². The summed E-state index contributed by atoms with van der Waals surface area (Å²) in [4.78, 5) is 12.2. The van der Waals surface area contributed by atoms with Gasteiger partial charge in [0, 0.05) is 16.9 Å². The maximum Gasteiger partial charge on any atom is 0.223 e. The molecule has 1 atom stereocenters. The van der Waals surface area contributed by atoms with Crippen LogP contribution in [0.5, 0.6) is 0 Å². The molecule has 1 unspecified atom stereocenters. The van der Waals surface area contributed by atoms with Crippen molar-refractivity contribution in [3.63, 3.8) is 0 Å².